The van der Waals surface area contributed by atoms with E-state index in [0.29, 0.717) is 0 Å². The van der Waals surface area contributed by atoms with Gasteiger partial charge in [-0.15, -0.1) is 11.3 Å². The molecule has 2 N–H and O–H groups in total. The van der Waals surface area contributed by atoms with Gasteiger partial charge in [0.05, 0.1) is 22.9 Å². The van der Waals surface area contributed by atoms with E-state index in [2.05, 4.69) is 22.3 Å². The molecule has 2 aromatic carbocycles. The van der Waals surface area contributed by atoms with Gasteiger partial charge in [0.15, 0.2) is 0 Å². The van der Waals surface area contributed by atoms with Gasteiger partial charge in [-0.3, -0.25) is 4.90 Å². The van der Waals surface area contributed by atoms with Gasteiger partial charge >= 0.3 is 0 Å². The predicted molar refractivity (Wildman–Crippen MR) is 103 cm³/mol. The first-order chi connectivity index (χ1) is 12.2. The van der Waals surface area contributed by atoms with Gasteiger partial charge in [-0.2, -0.15) is 0 Å². The molecule has 0 radical (unpaired) electrons. The summed E-state index contributed by atoms with van der Waals surface area (Å²) in [5.41, 5.74) is 3.19. The maximum Gasteiger partial charge on any atom is 0.112 e. The van der Waals surface area contributed by atoms with Crippen LogP contribution >= 0.6 is 22.9 Å². The molecule has 130 valence electrons. The number of halogens is 1. The minimum absolute atomic E-state index is 0.0808. The van der Waals surface area contributed by atoms with Crippen LogP contribution in [0.4, 0.5) is 0 Å². The van der Waals surface area contributed by atoms with Gasteiger partial charge < -0.3 is 10.4 Å². The first kappa shape index (κ1) is 16.9. The summed E-state index contributed by atoms with van der Waals surface area (Å²) in [6.07, 6.45) is 0. The zero-order valence-corrected chi connectivity index (χ0v) is 15.4. The van der Waals surface area contributed by atoms with Gasteiger partial charge in [-0.05, 0) is 29.3 Å². The number of thiazole rings is 1. The Kier molecular flexibility index (Phi) is 5.01. The Morgan fingerprint density at radius 2 is 2.12 bits per heavy atom. The third-order valence-electron chi connectivity index (χ3n) is 4.57. The number of fused-ring (bicyclic) bond motifs is 1. The summed E-state index contributed by atoms with van der Waals surface area (Å²) >= 11 is 7.84. The van der Waals surface area contributed by atoms with Gasteiger partial charge in [0.25, 0.3) is 0 Å². The molecule has 1 aliphatic rings. The molecule has 4 rings (SSSR count). The second kappa shape index (κ2) is 7.40. The number of piperazine rings is 1. The van der Waals surface area contributed by atoms with Gasteiger partial charge in [0.1, 0.15) is 5.01 Å². The molecule has 1 atom stereocenters. The predicted octanol–water partition coefficient (Wildman–Crippen LogP) is 3.59. The van der Waals surface area contributed by atoms with Crippen LogP contribution in [0, 0.1) is 0 Å². The molecule has 6 heteroatoms. The molecule has 25 heavy (non-hydrogen) atoms. The summed E-state index contributed by atoms with van der Waals surface area (Å²) in [5.74, 6) is 0. The molecule has 0 aliphatic carbocycles. The van der Waals surface area contributed by atoms with Crippen molar-refractivity contribution in [3.05, 3.63) is 63.6 Å². The molecule has 0 amide bonds. The van der Waals surface area contributed by atoms with Gasteiger partial charge in [-0.25, -0.2) is 4.98 Å². The van der Waals surface area contributed by atoms with Crippen LogP contribution < -0.4 is 5.32 Å². The fourth-order valence-corrected chi connectivity index (χ4v) is 4.68. The van der Waals surface area contributed by atoms with Crippen molar-refractivity contribution < 1.29 is 5.11 Å². The van der Waals surface area contributed by atoms with Crippen LogP contribution in [0.3, 0.4) is 0 Å². The zero-order chi connectivity index (χ0) is 17.2. The number of nitrogens with zero attached hydrogens (tertiary/aromatic N) is 2. The van der Waals surface area contributed by atoms with Crippen LogP contribution in [0.15, 0.2) is 42.5 Å². The van der Waals surface area contributed by atoms with Crippen LogP contribution in [0.2, 0.25) is 5.02 Å². The van der Waals surface area contributed by atoms with E-state index >= 15 is 0 Å². The quantitative estimate of drug-likeness (QED) is 0.733. The number of aliphatic hydroxyl groups excluding tert-OH is 1. The molecule has 1 fully saturated rings. The van der Waals surface area contributed by atoms with E-state index in [1.165, 1.54) is 5.56 Å². The molecular formula is C19H20ClN3OS. The molecule has 0 bridgehead atoms. The summed E-state index contributed by atoms with van der Waals surface area (Å²) in [7, 11) is 0. The Morgan fingerprint density at radius 3 is 3.00 bits per heavy atom. The highest BCUT2D eigenvalue weighted by Gasteiger charge is 2.26. The maximum atomic E-state index is 9.36. The van der Waals surface area contributed by atoms with Gasteiger partial charge in [0, 0.05) is 31.2 Å². The second-order valence-corrected chi connectivity index (χ2v) is 7.83. The SMILES string of the molecule is OCc1cccc(CN2CCNCC2c2nc3ccc(Cl)cc3s2)c1. The summed E-state index contributed by atoms with van der Waals surface area (Å²) in [4.78, 5) is 7.31. The molecule has 1 aromatic heterocycles. The number of aliphatic hydroxyl groups is 1. The van der Waals surface area contributed by atoms with Crippen molar-refractivity contribution >= 4 is 33.2 Å². The maximum absolute atomic E-state index is 9.36. The normalized spacial score (nSPS) is 18.7. The molecule has 4 nitrogen and oxygen atoms in total. The number of hydrogen-bond acceptors (Lipinski definition) is 5. The average molecular weight is 374 g/mol. The number of benzene rings is 2. The molecule has 1 saturated heterocycles. The third-order valence-corrected chi connectivity index (χ3v) is 5.92. The Labute approximate surface area is 156 Å². The van der Waals surface area contributed by atoms with E-state index in [9.17, 15) is 5.11 Å². The molecular weight excluding hydrogens is 354 g/mol. The Balaban J connectivity index is 1.61. The first-order valence-corrected chi connectivity index (χ1v) is 9.62. The van der Waals surface area contributed by atoms with Gasteiger partial charge in [0.2, 0.25) is 0 Å². The van der Waals surface area contributed by atoms with Crippen LogP contribution in [0.5, 0.6) is 0 Å². The highest BCUT2D eigenvalue weighted by Crippen LogP contribution is 2.32. The molecule has 0 spiro atoms. The van der Waals surface area contributed by atoms with Crippen molar-refractivity contribution in [1.82, 2.24) is 15.2 Å². The van der Waals surface area contributed by atoms with Crippen molar-refractivity contribution in [2.24, 2.45) is 0 Å². The first-order valence-electron chi connectivity index (χ1n) is 8.42. The lowest BCUT2D eigenvalue weighted by Gasteiger charge is -2.35. The minimum atomic E-state index is 0.0808. The molecule has 3 aromatic rings. The average Bonchev–Trinajstić information content (AvgIpc) is 3.05. The Bertz CT molecular complexity index is 882. The standard InChI is InChI=1S/C19H20ClN3OS/c20-15-4-5-16-18(9-15)25-19(22-16)17-10-21-6-7-23(17)11-13-2-1-3-14(8-13)12-24/h1-5,8-9,17,21,24H,6-7,10-12H2. The van der Waals surface area contributed by atoms with E-state index in [4.69, 9.17) is 16.6 Å². The van der Waals surface area contributed by atoms with E-state index in [-0.39, 0.29) is 12.6 Å². The van der Waals surface area contributed by atoms with Crippen LogP contribution in [-0.4, -0.2) is 34.6 Å². The monoisotopic (exact) mass is 373 g/mol. The highest BCUT2D eigenvalue weighted by molar-refractivity contribution is 7.18. The largest absolute Gasteiger partial charge is 0.392 e. The number of nitrogens with one attached hydrogen (secondary N) is 1. The van der Waals surface area contributed by atoms with Crippen molar-refractivity contribution in [2.45, 2.75) is 19.2 Å². The fourth-order valence-electron chi connectivity index (χ4n) is 3.30. The summed E-state index contributed by atoms with van der Waals surface area (Å²) < 4.78 is 1.13. The number of aromatic nitrogens is 1. The van der Waals surface area contributed by atoms with Crippen LogP contribution in [-0.2, 0) is 13.2 Å². The highest BCUT2D eigenvalue weighted by atomic mass is 35.5. The Morgan fingerprint density at radius 1 is 1.24 bits per heavy atom. The lowest BCUT2D eigenvalue weighted by molar-refractivity contribution is 0.153. The summed E-state index contributed by atoms with van der Waals surface area (Å²) in [6.45, 7) is 3.79. The van der Waals surface area contributed by atoms with Crippen LogP contribution in [0.25, 0.3) is 10.2 Å². The van der Waals surface area contributed by atoms with Crippen molar-refractivity contribution in [1.29, 1.82) is 0 Å². The number of rotatable bonds is 4. The minimum Gasteiger partial charge on any atom is -0.392 e. The van der Waals surface area contributed by atoms with E-state index in [1.807, 2.05) is 30.3 Å². The summed E-state index contributed by atoms with van der Waals surface area (Å²) in [6, 6.07) is 14.3. The van der Waals surface area contributed by atoms with E-state index < -0.39 is 0 Å². The van der Waals surface area contributed by atoms with Crippen molar-refractivity contribution in [2.75, 3.05) is 19.6 Å². The zero-order valence-electron chi connectivity index (χ0n) is 13.8. The molecule has 0 saturated carbocycles. The lowest BCUT2D eigenvalue weighted by atomic mass is 10.1. The molecule has 1 unspecified atom stereocenters. The molecule has 1 aliphatic heterocycles. The lowest BCUT2D eigenvalue weighted by Crippen LogP contribution is -2.45. The fraction of sp³-hybridized carbons (Fsp3) is 0.316. The van der Waals surface area contributed by atoms with Crippen molar-refractivity contribution in [3.8, 4) is 0 Å². The Hall–Kier alpha value is -1.50. The van der Waals surface area contributed by atoms with E-state index in [1.54, 1.807) is 11.3 Å². The van der Waals surface area contributed by atoms with Crippen molar-refractivity contribution in [3.63, 3.8) is 0 Å². The smallest absolute Gasteiger partial charge is 0.112 e. The second-order valence-electron chi connectivity index (χ2n) is 6.33. The van der Waals surface area contributed by atoms with Gasteiger partial charge in [-0.1, -0.05) is 35.9 Å². The topological polar surface area (TPSA) is 48.4 Å². The number of hydrogen-bond donors (Lipinski definition) is 2. The molecule has 2 heterocycles. The van der Waals surface area contributed by atoms with Crippen LogP contribution in [0.1, 0.15) is 22.2 Å². The van der Waals surface area contributed by atoms with E-state index in [0.717, 1.165) is 52.0 Å². The third kappa shape index (κ3) is 3.71. The summed E-state index contributed by atoms with van der Waals surface area (Å²) in [5, 5.41) is 14.7.